The Kier molecular flexibility index (Phi) is 5.84. The van der Waals surface area contributed by atoms with Crippen LogP contribution in [-0.4, -0.2) is 36.8 Å². The molecule has 2 fully saturated rings. The van der Waals surface area contributed by atoms with Crippen molar-refractivity contribution in [2.75, 3.05) is 31.2 Å². The average Bonchev–Trinajstić information content (AvgIpc) is 2.76. The van der Waals surface area contributed by atoms with Crippen LogP contribution in [0.3, 0.4) is 0 Å². The third-order valence-electron chi connectivity index (χ3n) is 4.18. The zero-order valence-corrected chi connectivity index (χ0v) is 12.9. The number of rotatable bonds is 6. The Morgan fingerprint density at radius 3 is 3.06 bits per heavy atom. The van der Waals surface area contributed by atoms with Crippen molar-refractivity contribution in [3.8, 4) is 0 Å². The fourth-order valence-corrected chi connectivity index (χ4v) is 4.52. The molecule has 18 heavy (non-hydrogen) atoms. The fourth-order valence-electron chi connectivity index (χ4n) is 3.15. The summed E-state index contributed by atoms with van der Waals surface area (Å²) in [6, 6.07) is 0. The summed E-state index contributed by atoms with van der Waals surface area (Å²) in [5, 5.41) is 3.55. The van der Waals surface area contributed by atoms with Crippen LogP contribution in [0.25, 0.3) is 0 Å². The van der Waals surface area contributed by atoms with Gasteiger partial charge in [-0.2, -0.15) is 11.8 Å². The Bertz CT molecular complexity index is 239. The van der Waals surface area contributed by atoms with Crippen LogP contribution >= 0.6 is 11.8 Å². The van der Waals surface area contributed by atoms with Gasteiger partial charge in [-0.25, -0.2) is 0 Å². The van der Waals surface area contributed by atoms with Crippen LogP contribution in [0.5, 0.6) is 0 Å². The van der Waals surface area contributed by atoms with Gasteiger partial charge < -0.3 is 10.1 Å². The first-order valence-corrected chi connectivity index (χ1v) is 8.78. The van der Waals surface area contributed by atoms with Gasteiger partial charge in [-0.1, -0.05) is 13.8 Å². The van der Waals surface area contributed by atoms with Crippen molar-refractivity contribution in [2.45, 2.75) is 51.6 Å². The van der Waals surface area contributed by atoms with Crippen molar-refractivity contribution < 1.29 is 4.74 Å². The quantitative estimate of drug-likeness (QED) is 0.749. The molecular formula is C15H29NOS. The molecule has 0 amide bonds. The first-order chi connectivity index (χ1) is 8.70. The molecule has 0 bridgehead atoms. The van der Waals surface area contributed by atoms with Gasteiger partial charge in [0.05, 0.1) is 5.60 Å². The Morgan fingerprint density at radius 2 is 2.33 bits per heavy atom. The Balaban J connectivity index is 1.61. The minimum atomic E-state index is 0.277. The molecule has 1 N–H and O–H groups in total. The van der Waals surface area contributed by atoms with E-state index in [2.05, 4.69) is 30.9 Å². The number of hydrogen-bond acceptors (Lipinski definition) is 3. The van der Waals surface area contributed by atoms with Crippen molar-refractivity contribution in [1.29, 1.82) is 0 Å². The molecule has 0 aromatic carbocycles. The van der Waals surface area contributed by atoms with E-state index in [0.717, 1.165) is 25.0 Å². The molecule has 2 aliphatic heterocycles. The summed E-state index contributed by atoms with van der Waals surface area (Å²) in [4.78, 5) is 0. The summed E-state index contributed by atoms with van der Waals surface area (Å²) in [6.45, 7) is 7.90. The zero-order valence-electron chi connectivity index (χ0n) is 12.0. The van der Waals surface area contributed by atoms with E-state index in [-0.39, 0.29) is 5.60 Å². The summed E-state index contributed by atoms with van der Waals surface area (Å²) < 4.78 is 6.08. The molecule has 0 saturated carbocycles. The first kappa shape index (κ1) is 14.7. The van der Waals surface area contributed by atoms with Crippen LogP contribution in [-0.2, 0) is 4.74 Å². The largest absolute Gasteiger partial charge is 0.374 e. The molecule has 0 radical (unpaired) electrons. The van der Waals surface area contributed by atoms with Gasteiger partial charge in [0.2, 0.25) is 0 Å². The summed E-state index contributed by atoms with van der Waals surface area (Å²) >= 11 is 2.08. The van der Waals surface area contributed by atoms with Crippen LogP contribution in [0, 0.1) is 11.8 Å². The van der Waals surface area contributed by atoms with Crippen molar-refractivity contribution in [1.82, 2.24) is 5.32 Å². The van der Waals surface area contributed by atoms with E-state index >= 15 is 0 Å². The molecule has 2 nitrogen and oxygen atoms in total. The molecule has 3 heteroatoms. The average molecular weight is 271 g/mol. The van der Waals surface area contributed by atoms with Gasteiger partial charge in [-0.3, -0.25) is 0 Å². The van der Waals surface area contributed by atoms with E-state index in [1.807, 2.05) is 0 Å². The number of ether oxygens (including phenoxy) is 1. The van der Waals surface area contributed by atoms with Gasteiger partial charge in [0.15, 0.2) is 0 Å². The second kappa shape index (κ2) is 7.16. The molecule has 2 saturated heterocycles. The monoisotopic (exact) mass is 271 g/mol. The summed E-state index contributed by atoms with van der Waals surface area (Å²) in [5.74, 6) is 4.24. The fraction of sp³-hybridized carbons (Fsp3) is 1.00. The molecule has 2 heterocycles. The lowest BCUT2D eigenvalue weighted by molar-refractivity contribution is -0.0806. The molecule has 0 aromatic heterocycles. The summed E-state index contributed by atoms with van der Waals surface area (Å²) in [5.41, 5.74) is 0.277. The van der Waals surface area contributed by atoms with E-state index in [1.54, 1.807) is 0 Å². The Morgan fingerprint density at radius 1 is 1.44 bits per heavy atom. The second-order valence-electron chi connectivity index (χ2n) is 6.43. The molecule has 1 spiro atoms. The highest BCUT2D eigenvalue weighted by molar-refractivity contribution is 7.99. The van der Waals surface area contributed by atoms with Gasteiger partial charge in [-0.05, 0) is 62.8 Å². The second-order valence-corrected chi connectivity index (χ2v) is 7.54. The van der Waals surface area contributed by atoms with Gasteiger partial charge in [-0.15, -0.1) is 0 Å². The number of thioether (sulfide) groups is 1. The van der Waals surface area contributed by atoms with E-state index in [4.69, 9.17) is 4.74 Å². The molecule has 2 aliphatic rings. The standard InChI is InChI=1S/C15H29NOS/c1-13(2)11-16-7-3-4-14-5-8-17-15(10-14)6-9-18-12-15/h13-14,16H,3-12H2,1-2H3. The zero-order chi connectivity index (χ0) is 12.8. The maximum Gasteiger partial charge on any atom is 0.0783 e. The van der Waals surface area contributed by atoms with Crippen LogP contribution in [0.4, 0.5) is 0 Å². The van der Waals surface area contributed by atoms with Gasteiger partial charge in [0.25, 0.3) is 0 Å². The predicted octanol–water partition coefficient (Wildman–Crippen LogP) is 3.31. The molecule has 0 aliphatic carbocycles. The number of hydrogen-bond donors (Lipinski definition) is 1. The Hall–Kier alpha value is 0.270. The van der Waals surface area contributed by atoms with E-state index in [1.165, 1.54) is 50.2 Å². The third-order valence-corrected chi connectivity index (χ3v) is 5.40. The topological polar surface area (TPSA) is 21.3 Å². The lowest BCUT2D eigenvalue weighted by atomic mass is 9.83. The van der Waals surface area contributed by atoms with Gasteiger partial charge in [0, 0.05) is 12.4 Å². The third kappa shape index (κ3) is 4.43. The molecular weight excluding hydrogens is 242 g/mol. The molecule has 2 unspecified atom stereocenters. The predicted molar refractivity (Wildman–Crippen MR) is 80.3 cm³/mol. The smallest absolute Gasteiger partial charge is 0.0783 e. The minimum absolute atomic E-state index is 0.277. The molecule has 106 valence electrons. The van der Waals surface area contributed by atoms with Crippen LogP contribution in [0.1, 0.15) is 46.0 Å². The molecule has 2 rings (SSSR count). The van der Waals surface area contributed by atoms with Crippen molar-refractivity contribution >= 4 is 11.8 Å². The normalized spacial score (nSPS) is 32.5. The highest BCUT2D eigenvalue weighted by Gasteiger charge is 2.39. The maximum atomic E-state index is 6.08. The van der Waals surface area contributed by atoms with Crippen molar-refractivity contribution in [3.05, 3.63) is 0 Å². The van der Waals surface area contributed by atoms with E-state index in [9.17, 15) is 0 Å². The lowest BCUT2D eigenvalue weighted by Crippen LogP contribution is -2.40. The SMILES string of the molecule is CC(C)CNCCCC1CCOC2(CCSC2)C1. The lowest BCUT2D eigenvalue weighted by Gasteiger charge is -2.37. The molecule has 0 aromatic rings. The maximum absolute atomic E-state index is 6.08. The highest BCUT2D eigenvalue weighted by atomic mass is 32.2. The van der Waals surface area contributed by atoms with Crippen LogP contribution < -0.4 is 5.32 Å². The Labute approximate surface area is 117 Å². The van der Waals surface area contributed by atoms with E-state index < -0.39 is 0 Å². The van der Waals surface area contributed by atoms with Crippen molar-refractivity contribution in [3.63, 3.8) is 0 Å². The summed E-state index contributed by atoms with van der Waals surface area (Å²) in [6.07, 6.45) is 6.63. The van der Waals surface area contributed by atoms with Crippen molar-refractivity contribution in [2.24, 2.45) is 11.8 Å². The summed E-state index contributed by atoms with van der Waals surface area (Å²) in [7, 11) is 0. The minimum Gasteiger partial charge on any atom is -0.374 e. The van der Waals surface area contributed by atoms with Gasteiger partial charge in [0.1, 0.15) is 0 Å². The van der Waals surface area contributed by atoms with Crippen LogP contribution in [0.2, 0.25) is 0 Å². The first-order valence-electron chi connectivity index (χ1n) is 7.63. The molecule has 2 atom stereocenters. The number of nitrogens with one attached hydrogen (secondary N) is 1. The highest BCUT2D eigenvalue weighted by Crippen LogP contribution is 2.41. The van der Waals surface area contributed by atoms with Gasteiger partial charge >= 0.3 is 0 Å². The van der Waals surface area contributed by atoms with Crippen LogP contribution in [0.15, 0.2) is 0 Å². The van der Waals surface area contributed by atoms with E-state index in [0.29, 0.717) is 0 Å².